The molecule has 0 saturated carbocycles. The molecule has 0 amide bonds. The Labute approximate surface area is 315 Å². The molecule has 3 nitrogen and oxygen atoms in total. The Morgan fingerprint density at radius 3 is 1.02 bits per heavy atom. The summed E-state index contributed by atoms with van der Waals surface area (Å²) in [6.45, 7) is 0. The Hall–Kier alpha value is -5.15. The number of hydrogen-bond acceptors (Lipinski definition) is 5. The first-order valence-corrected chi connectivity index (χ1v) is 22.6. The van der Waals surface area contributed by atoms with Crippen molar-refractivity contribution in [3.63, 3.8) is 0 Å². The quantitative estimate of drug-likeness (QED) is 0.139. The van der Waals surface area contributed by atoms with E-state index in [0.717, 1.165) is 65.7 Å². The van der Waals surface area contributed by atoms with Crippen LogP contribution < -0.4 is 31.8 Å². The van der Waals surface area contributed by atoms with Gasteiger partial charge < -0.3 is 0 Å². The van der Waals surface area contributed by atoms with Crippen LogP contribution in [0.4, 0.5) is 0 Å². The van der Waals surface area contributed by atoms with E-state index < -0.39 is 12.1 Å². The van der Waals surface area contributed by atoms with E-state index in [4.69, 9.17) is 38.6 Å². The van der Waals surface area contributed by atoms with Crippen LogP contribution in [0.5, 0.6) is 0 Å². The zero-order valence-corrected chi connectivity index (χ0v) is 31.5. The fourth-order valence-corrected chi connectivity index (χ4v) is 15.0. The summed E-state index contributed by atoms with van der Waals surface area (Å²) in [5.74, 6) is 0. The minimum atomic E-state index is -2.68. The Kier molecular flexibility index (Phi) is 9.69. The normalized spacial score (nSPS) is 11.6. The molecule has 52 heavy (non-hydrogen) atoms. The molecule has 0 fully saturated rings. The number of aromatic nitrogens is 3. The lowest BCUT2D eigenvalue weighted by atomic mass is 10.0. The van der Waals surface area contributed by atoms with Gasteiger partial charge in [-0.15, -0.1) is 0 Å². The van der Waals surface area contributed by atoms with E-state index in [2.05, 4.69) is 152 Å². The van der Waals surface area contributed by atoms with Gasteiger partial charge in [0.15, 0.2) is 0 Å². The van der Waals surface area contributed by atoms with E-state index in [1.165, 1.54) is 0 Å². The molecule has 5 aromatic carbocycles. The predicted molar refractivity (Wildman–Crippen MR) is 228 cm³/mol. The second-order valence-electron chi connectivity index (χ2n) is 12.3. The van der Waals surface area contributed by atoms with Crippen molar-refractivity contribution in [3.05, 3.63) is 200 Å². The van der Waals surface area contributed by atoms with Crippen molar-refractivity contribution in [1.82, 2.24) is 15.0 Å². The molecule has 8 rings (SSSR count). The summed E-state index contributed by atoms with van der Waals surface area (Å²) in [7, 11) is 0. The highest BCUT2D eigenvalue weighted by atomic mass is 32.4. The van der Waals surface area contributed by atoms with E-state index in [-0.39, 0.29) is 0 Å². The lowest BCUT2D eigenvalue weighted by molar-refractivity contribution is 1.22. The number of rotatable bonds is 9. The third-order valence-electron chi connectivity index (χ3n) is 9.15. The third kappa shape index (κ3) is 6.32. The fourth-order valence-electron chi connectivity index (χ4n) is 6.72. The van der Waals surface area contributed by atoms with Gasteiger partial charge in [-0.3, -0.25) is 9.97 Å². The van der Waals surface area contributed by atoms with Crippen LogP contribution in [0.1, 0.15) is 0 Å². The zero-order chi connectivity index (χ0) is 35.4. The summed E-state index contributed by atoms with van der Waals surface area (Å²) >= 11 is 14.2. The van der Waals surface area contributed by atoms with Crippen molar-refractivity contribution in [3.8, 4) is 33.9 Å². The second kappa shape index (κ2) is 14.8. The third-order valence-corrected chi connectivity index (χ3v) is 19.1. The smallest absolute Gasteiger partial charge is 0.0900 e. The Balaban J connectivity index is 1.55. The van der Waals surface area contributed by atoms with Gasteiger partial charge in [0.25, 0.3) is 0 Å². The van der Waals surface area contributed by atoms with Crippen molar-refractivity contribution in [2.24, 2.45) is 0 Å². The first-order valence-electron chi connectivity index (χ1n) is 17.0. The summed E-state index contributed by atoms with van der Waals surface area (Å²) in [6, 6.07) is 59.8. The van der Waals surface area contributed by atoms with E-state index >= 15 is 0 Å². The van der Waals surface area contributed by atoms with Crippen LogP contribution in [0.2, 0.25) is 0 Å². The van der Waals surface area contributed by atoms with E-state index in [1.807, 2.05) is 36.4 Å². The highest BCUT2D eigenvalue weighted by Gasteiger charge is 2.34. The molecule has 250 valence electrons. The van der Waals surface area contributed by atoms with Crippen LogP contribution in [0.3, 0.4) is 0 Å². The molecule has 0 bridgehead atoms. The van der Waals surface area contributed by atoms with Gasteiger partial charge in [-0.2, -0.15) is 0 Å². The van der Waals surface area contributed by atoms with Crippen molar-refractivity contribution >= 4 is 67.5 Å². The topological polar surface area (TPSA) is 38.7 Å². The molecule has 0 saturated heterocycles. The van der Waals surface area contributed by atoms with Crippen molar-refractivity contribution in [2.75, 3.05) is 0 Å². The standard InChI is InChI=1S/C45H33N3P2S2/c51-49(35-18-5-1-6-19-35,36-20-7-2-8-21-36)43-28-17-29-44(50(52,37-22-9-3-10-23-37)38-24-11-4-12-25-38)45(43)34-32-41(39-26-13-15-30-46-39)48-42(33-34)40-27-14-16-31-47-40/h1-33H. The van der Waals surface area contributed by atoms with Gasteiger partial charge in [0.2, 0.25) is 0 Å². The van der Waals surface area contributed by atoms with Gasteiger partial charge in [0.1, 0.15) is 0 Å². The molecule has 0 aliphatic heterocycles. The Morgan fingerprint density at radius 2 is 0.692 bits per heavy atom. The van der Waals surface area contributed by atoms with Gasteiger partial charge >= 0.3 is 0 Å². The lowest BCUT2D eigenvalue weighted by Crippen LogP contribution is -2.33. The summed E-state index contributed by atoms with van der Waals surface area (Å²) in [5.41, 5.74) is 5.07. The first kappa shape index (κ1) is 34.0. The molecule has 0 N–H and O–H groups in total. The predicted octanol–water partition coefficient (Wildman–Crippen LogP) is 8.38. The maximum Gasteiger partial charge on any atom is 0.0900 e. The minimum absolute atomic E-state index is 0.750. The van der Waals surface area contributed by atoms with Crippen LogP contribution in [0.15, 0.2) is 200 Å². The lowest BCUT2D eigenvalue weighted by Gasteiger charge is -2.32. The second-order valence-corrected chi connectivity index (χ2v) is 21.0. The molecular formula is C45H33N3P2S2. The zero-order valence-electron chi connectivity index (χ0n) is 28.1. The number of hydrogen-bond donors (Lipinski definition) is 0. The van der Waals surface area contributed by atoms with E-state index in [1.54, 1.807) is 12.4 Å². The van der Waals surface area contributed by atoms with Crippen molar-refractivity contribution in [1.29, 1.82) is 0 Å². The first-order chi connectivity index (χ1) is 25.6. The van der Waals surface area contributed by atoms with Crippen molar-refractivity contribution in [2.45, 2.75) is 0 Å². The molecule has 8 aromatic rings. The van der Waals surface area contributed by atoms with Crippen molar-refractivity contribution < 1.29 is 0 Å². The molecule has 0 unspecified atom stereocenters. The largest absolute Gasteiger partial charge is 0.255 e. The van der Waals surface area contributed by atoms with Gasteiger partial charge in [0.05, 0.1) is 22.8 Å². The Bertz CT molecular complexity index is 2290. The fraction of sp³-hybridized carbons (Fsp3) is 0. The Morgan fingerprint density at radius 1 is 0.346 bits per heavy atom. The van der Waals surface area contributed by atoms with E-state index in [0.29, 0.717) is 0 Å². The van der Waals surface area contributed by atoms with Crippen LogP contribution in [-0.2, 0) is 23.6 Å². The van der Waals surface area contributed by atoms with Crippen LogP contribution in [-0.4, -0.2) is 15.0 Å². The number of benzene rings is 5. The number of nitrogens with zero attached hydrogens (tertiary/aromatic N) is 3. The molecule has 3 aromatic heterocycles. The summed E-state index contributed by atoms with van der Waals surface area (Å²) in [5, 5.41) is 6.64. The van der Waals surface area contributed by atoms with E-state index in [9.17, 15) is 0 Å². The molecule has 0 aliphatic carbocycles. The molecule has 0 spiro atoms. The SMILES string of the molecule is S=P(c1ccccc1)(c1ccccc1)c1cccc(P(=S)(c2ccccc2)c2ccccc2)c1-c1cc(-c2ccccn2)nc(-c2ccccn2)c1. The summed E-state index contributed by atoms with van der Waals surface area (Å²) < 4.78 is 0. The molecule has 0 atom stereocenters. The maximum absolute atomic E-state index is 7.11. The summed E-state index contributed by atoms with van der Waals surface area (Å²) in [4.78, 5) is 14.6. The van der Waals surface area contributed by atoms with Gasteiger partial charge in [-0.05, 0) is 68.7 Å². The van der Waals surface area contributed by atoms with Gasteiger partial charge in [0, 0.05) is 35.1 Å². The van der Waals surface area contributed by atoms with Crippen LogP contribution >= 0.6 is 12.1 Å². The van der Waals surface area contributed by atoms with Gasteiger partial charge in [-0.25, -0.2) is 4.98 Å². The monoisotopic (exact) mass is 741 g/mol. The highest BCUT2D eigenvalue weighted by Crippen LogP contribution is 2.50. The van der Waals surface area contributed by atoms with Crippen LogP contribution in [0, 0.1) is 0 Å². The summed E-state index contributed by atoms with van der Waals surface area (Å²) in [6.07, 6.45) is 3.61. The molecule has 3 heterocycles. The average molecular weight is 742 g/mol. The molecule has 0 aliphatic rings. The molecule has 0 radical (unpaired) electrons. The average Bonchev–Trinajstić information content (AvgIpc) is 3.24. The number of pyridine rings is 3. The maximum atomic E-state index is 7.11. The highest BCUT2D eigenvalue weighted by molar-refractivity contribution is 8.26. The minimum Gasteiger partial charge on any atom is -0.255 e. The molecule has 7 heteroatoms. The molecular weight excluding hydrogens is 709 g/mol. The van der Waals surface area contributed by atoms with Gasteiger partial charge in [-0.1, -0.05) is 175 Å². The van der Waals surface area contributed by atoms with Crippen LogP contribution in [0.25, 0.3) is 33.9 Å².